The molecular weight excluding hydrogens is 303 g/mol. The standard InChI is InChI=1S/C11H5IN2O/c12-7-1-2-8-10(5-7)15-9-3-4-13-6-14-11(8)9/h1-3,5-6H. The fraction of sp³-hybridized carbons (Fsp3) is 0. The molecule has 3 rings (SSSR count). The van der Waals surface area contributed by atoms with Crippen LogP contribution in [-0.2, 0) is 0 Å². The van der Waals surface area contributed by atoms with Gasteiger partial charge in [-0.05, 0) is 46.7 Å². The van der Waals surface area contributed by atoms with E-state index in [1.54, 1.807) is 6.08 Å². The molecule has 1 aromatic carbocycles. The van der Waals surface area contributed by atoms with Gasteiger partial charge in [-0.25, -0.2) is 4.99 Å². The predicted octanol–water partition coefficient (Wildman–Crippen LogP) is 3.39. The summed E-state index contributed by atoms with van der Waals surface area (Å²) in [5, 5.41) is 1.01. The van der Waals surface area contributed by atoms with Crippen molar-refractivity contribution in [3.05, 3.63) is 27.5 Å². The van der Waals surface area contributed by atoms with Crippen LogP contribution in [0.1, 0.15) is 5.76 Å². The normalized spacial score (nSPS) is 13.1. The molecule has 0 aliphatic carbocycles. The van der Waals surface area contributed by atoms with E-state index >= 15 is 0 Å². The van der Waals surface area contributed by atoms with Crippen LogP contribution in [0.3, 0.4) is 0 Å². The molecule has 0 amide bonds. The molecule has 0 atom stereocenters. The van der Waals surface area contributed by atoms with E-state index in [4.69, 9.17) is 4.42 Å². The number of benzene rings is 1. The molecule has 0 fully saturated rings. The van der Waals surface area contributed by atoms with Gasteiger partial charge in [0.05, 0.1) is 0 Å². The van der Waals surface area contributed by atoms with Gasteiger partial charge in [-0.2, -0.15) is 4.99 Å². The third-order valence-corrected chi connectivity index (χ3v) is 2.84. The number of rotatable bonds is 0. The number of aliphatic imine (C=N–C) groups is 2. The third-order valence-electron chi connectivity index (χ3n) is 2.17. The van der Waals surface area contributed by atoms with E-state index in [0.29, 0.717) is 5.76 Å². The van der Waals surface area contributed by atoms with Gasteiger partial charge in [-0.3, -0.25) is 0 Å². The Morgan fingerprint density at radius 1 is 1.33 bits per heavy atom. The van der Waals surface area contributed by atoms with E-state index in [1.165, 1.54) is 6.34 Å². The summed E-state index contributed by atoms with van der Waals surface area (Å²) in [6, 6.07) is 6.03. The van der Waals surface area contributed by atoms with Crippen LogP contribution < -0.4 is 0 Å². The monoisotopic (exact) mass is 308 g/mol. The van der Waals surface area contributed by atoms with Crippen molar-refractivity contribution in [2.75, 3.05) is 0 Å². The minimum absolute atomic E-state index is 0.713. The molecule has 1 aliphatic heterocycles. The fourth-order valence-electron chi connectivity index (χ4n) is 1.52. The Kier molecular flexibility index (Phi) is 1.97. The molecule has 15 heavy (non-hydrogen) atoms. The summed E-state index contributed by atoms with van der Waals surface area (Å²) in [5.41, 5.74) is 1.68. The molecule has 0 spiro atoms. The molecule has 4 heteroatoms. The fourth-order valence-corrected chi connectivity index (χ4v) is 1.99. The zero-order valence-electron chi connectivity index (χ0n) is 7.57. The maximum atomic E-state index is 5.65. The quantitative estimate of drug-likeness (QED) is 0.687. The first-order valence-electron chi connectivity index (χ1n) is 4.38. The highest BCUT2D eigenvalue weighted by atomic mass is 127. The molecule has 1 aliphatic rings. The molecule has 0 radical (unpaired) electrons. The van der Waals surface area contributed by atoms with E-state index < -0.39 is 0 Å². The summed E-state index contributed by atoms with van der Waals surface area (Å²) in [6.07, 6.45) is 3.18. The van der Waals surface area contributed by atoms with Gasteiger partial charge in [0.1, 0.15) is 17.6 Å². The zero-order chi connectivity index (χ0) is 10.3. The van der Waals surface area contributed by atoms with Crippen molar-refractivity contribution in [1.82, 2.24) is 0 Å². The lowest BCUT2D eigenvalue weighted by molar-refractivity contribution is 0.605. The highest BCUT2D eigenvalue weighted by molar-refractivity contribution is 14.1. The number of hydrogen-bond donors (Lipinski definition) is 0. The van der Waals surface area contributed by atoms with Crippen LogP contribution >= 0.6 is 22.6 Å². The first-order chi connectivity index (χ1) is 7.34. The summed E-state index contributed by atoms with van der Waals surface area (Å²) >= 11 is 2.25. The maximum Gasteiger partial charge on any atom is 0.163 e. The number of nitrogens with zero attached hydrogens (tertiary/aromatic N) is 2. The van der Waals surface area contributed by atoms with Gasteiger partial charge in [0.15, 0.2) is 5.76 Å². The average Bonchev–Trinajstić information content (AvgIpc) is 2.42. The van der Waals surface area contributed by atoms with Crippen LogP contribution in [0.25, 0.3) is 17.0 Å². The van der Waals surface area contributed by atoms with Gasteiger partial charge in [0.2, 0.25) is 0 Å². The molecule has 0 bridgehead atoms. The van der Waals surface area contributed by atoms with Crippen molar-refractivity contribution in [2.45, 2.75) is 0 Å². The lowest BCUT2D eigenvalue weighted by Gasteiger charge is -1.90. The zero-order valence-corrected chi connectivity index (χ0v) is 9.72. The van der Waals surface area contributed by atoms with Gasteiger partial charge >= 0.3 is 0 Å². The molecule has 1 aromatic heterocycles. The Labute approximate surface area is 99.4 Å². The van der Waals surface area contributed by atoms with Crippen LogP contribution in [0.5, 0.6) is 0 Å². The van der Waals surface area contributed by atoms with Crippen LogP contribution in [0.2, 0.25) is 0 Å². The molecule has 0 unspecified atom stereocenters. The van der Waals surface area contributed by atoms with Crippen LogP contribution in [0.4, 0.5) is 5.69 Å². The Morgan fingerprint density at radius 2 is 2.27 bits per heavy atom. The van der Waals surface area contributed by atoms with Gasteiger partial charge in [-0.15, -0.1) is 0 Å². The van der Waals surface area contributed by atoms with E-state index in [1.807, 2.05) is 18.2 Å². The van der Waals surface area contributed by atoms with E-state index in [-0.39, 0.29) is 0 Å². The lowest BCUT2D eigenvalue weighted by Crippen LogP contribution is -1.69. The summed E-state index contributed by atoms with van der Waals surface area (Å²) in [5.74, 6) is 3.45. The van der Waals surface area contributed by atoms with Crippen molar-refractivity contribution in [3.63, 3.8) is 0 Å². The first kappa shape index (κ1) is 8.88. The Balaban J connectivity index is 2.42. The highest BCUT2D eigenvalue weighted by Crippen LogP contribution is 2.34. The molecular formula is C11H5IN2O. The van der Waals surface area contributed by atoms with Gasteiger partial charge in [0, 0.05) is 15.0 Å². The van der Waals surface area contributed by atoms with Gasteiger partial charge in [-0.1, -0.05) is 0 Å². The third kappa shape index (κ3) is 1.42. The second kappa shape index (κ2) is 3.32. The number of furan rings is 1. The summed E-state index contributed by atoms with van der Waals surface area (Å²) in [4.78, 5) is 8.05. The maximum absolute atomic E-state index is 5.65. The van der Waals surface area contributed by atoms with Gasteiger partial charge in [0.25, 0.3) is 0 Å². The first-order valence-corrected chi connectivity index (χ1v) is 5.45. The number of halogens is 1. The van der Waals surface area contributed by atoms with Crippen molar-refractivity contribution in [1.29, 1.82) is 0 Å². The van der Waals surface area contributed by atoms with Crippen molar-refractivity contribution in [2.24, 2.45) is 9.98 Å². The van der Waals surface area contributed by atoms with E-state index in [2.05, 4.69) is 38.4 Å². The van der Waals surface area contributed by atoms with Crippen LogP contribution in [-0.4, -0.2) is 12.2 Å². The second-order valence-electron chi connectivity index (χ2n) is 3.10. The molecule has 2 aromatic rings. The van der Waals surface area contributed by atoms with Crippen LogP contribution in [0.15, 0.2) is 32.6 Å². The minimum Gasteiger partial charge on any atom is -0.454 e. The smallest absolute Gasteiger partial charge is 0.163 e. The molecule has 2 heterocycles. The Hall–Kier alpha value is -1.39. The second-order valence-corrected chi connectivity index (χ2v) is 4.35. The Bertz CT molecular complexity index is 633. The molecule has 72 valence electrons. The van der Waals surface area contributed by atoms with Crippen molar-refractivity contribution in [3.8, 4) is 0 Å². The van der Waals surface area contributed by atoms with Crippen molar-refractivity contribution < 1.29 is 4.42 Å². The van der Waals surface area contributed by atoms with Crippen molar-refractivity contribution >= 4 is 57.5 Å². The number of fused-ring (bicyclic) bond motifs is 3. The molecule has 3 nitrogen and oxygen atoms in total. The van der Waals surface area contributed by atoms with Crippen LogP contribution in [0, 0.1) is 3.57 Å². The lowest BCUT2D eigenvalue weighted by atomic mass is 10.2. The van der Waals surface area contributed by atoms with Gasteiger partial charge < -0.3 is 4.42 Å². The summed E-state index contributed by atoms with van der Waals surface area (Å²) in [7, 11) is 0. The Morgan fingerprint density at radius 3 is 3.20 bits per heavy atom. The summed E-state index contributed by atoms with van der Waals surface area (Å²) < 4.78 is 6.80. The molecule has 0 saturated carbocycles. The SMILES string of the molecule is Ic1ccc2c3c(oc2c1)C=C=NC=N3. The predicted molar refractivity (Wildman–Crippen MR) is 69.0 cm³/mol. The average molecular weight is 308 g/mol. The summed E-state index contributed by atoms with van der Waals surface area (Å²) in [6.45, 7) is 0. The number of hydrogen-bond acceptors (Lipinski definition) is 3. The topological polar surface area (TPSA) is 37.9 Å². The minimum atomic E-state index is 0.713. The van der Waals surface area contributed by atoms with E-state index in [0.717, 1.165) is 20.2 Å². The molecule has 0 N–H and O–H groups in total. The highest BCUT2D eigenvalue weighted by Gasteiger charge is 2.12. The largest absolute Gasteiger partial charge is 0.454 e. The van der Waals surface area contributed by atoms with E-state index in [9.17, 15) is 0 Å². The molecule has 0 saturated heterocycles.